The van der Waals surface area contributed by atoms with E-state index in [-0.39, 0.29) is 18.4 Å². The predicted molar refractivity (Wildman–Crippen MR) is 85.0 cm³/mol. The van der Waals surface area contributed by atoms with Crippen LogP contribution in [-0.4, -0.2) is 28.6 Å². The molecule has 126 valence electrons. The number of unbranched alkanes of at least 4 members (excludes halogenated alkanes) is 3. The summed E-state index contributed by atoms with van der Waals surface area (Å²) in [5.41, 5.74) is 0. The normalized spacial score (nSPS) is 13.5. The van der Waals surface area contributed by atoms with E-state index in [0.717, 1.165) is 11.0 Å². The number of rotatable bonds is 9. The Bertz CT molecular complexity index is 445. The number of halogens is 2. The van der Waals surface area contributed by atoms with E-state index in [9.17, 15) is 8.78 Å². The number of alkyl halides is 2. The summed E-state index contributed by atoms with van der Waals surface area (Å²) in [6.45, 7) is 1.92. The van der Waals surface area contributed by atoms with E-state index in [0.29, 0.717) is 5.96 Å². The third-order valence-corrected chi connectivity index (χ3v) is 3.47. The van der Waals surface area contributed by atoms with Gasteiger partial charge in [-0.15, -0.1) is 0 Å². The SMILES string of the molecule is CCCCCCC(C)NC(=NC)NCc1nccn1C(F)F. The maximum Gasteiger partial charge on any atom is 0.319 e. The highest BCUT2D eigenvalue weighted by Gasteiger charge is 2.12. The molecule has 0 aromatic carbocycles. The van der Waals surface area contributed by atoms with Crippen LogP contribution in [-0.2, 0) is 6.54 Å². The van der Waals surface area contributed by atoms with Gasteiger partial charge < -0.3 is 10.6 Å². The highest BCUT2D eigenvalue weighted by atomic mass is 19.3. The summed E-state index contributed by atoms with van der Waals surface area (Å²) in [7, 11) is 1.67. The van der Waals surface area contributed by atoms with Gasteiger partial charge in [-0.05, 0) is 13.3 Å². The molecule has 1 aromatic heterocycles. The molecular weight excluding hydrogens is 288 g/mol. The van der Waals surface area contributed by atoms with Gasteiger partial charge in [0.05, 0.1) is 6.54 Å². The summed E-state index contributed by atoms with van der Waals surface area (Å²) < 4.78 is 26.3. The molecule has 1 atom stereocenters. The summed E-state index contributed by atoms with van der Waals surface area (Å²) >= 11 is 0. The first-order chi connectivity index (χ1) is 10.6. The number of hydrogen-bond acceptors (Lipinski definition) is 2. The van der Waals surface area contributed by atoms with Crippen LogP contribution >= 0.6 is 0 Å². The second kappa shape index (κ2) is 10.1. The molecule has 1 unspecified atom stereocenters. The minimum Gasteiger partial charge on any atom is -0.354 e. The zero-order chi connectivity index (χ0) is 16.4. The fraction of sp³-hybridized carbons (Fsp3) is 0.733. The Morgan fingerprint density at radius 3 is 2.77 bits per heavy atom. The molecule has 0 saturated heterocycles. The van der Waals surface area contributed by atoms with E-state index in [4.69, 9.17) is 0 Å². The maximum absolute atomic E-state index is 12.7. The average Bonchev–Trinajstić information content (AvgIpc) is 2.96. The summed E-state index contributed by atoms with van der Waals surface area (Å²) in [4.78, 5) is 8.05. The molecule has 0 saturated carbocycles. The van der Waals surface area contributed by atoms with Crippen LogP contribution < -0.4 is 10.6 Å². The Balaban J connectivity index is 2.37. The van der Waals surface area contributed by atoms with Crippen molar-refractivity contribution in [3.8, 4) is 0 Å². The fourth-order valence-corrected chi connectivity index (χ4v) is 2.20. The lowest BCUT2D eigenvalue weighted by atomic mass is 10.1. The van der Waals surface area contributed by atoms with Crippen molar-refractivity contribution in [2.45, 2.75) is 65.1 Å². The molecule has 5 nitrogen and oxygen atoms in total. The van der Waals surface area contributed by atoms with Crippen LogP contribution in [0.5, 0.6) is 0 Å². The Kier molecular flexibility index (Phi) is 8.47. The molecule has 0 bridgehead atoms. The van der Waals surface area contributed by atoms with Crippen LogP contribution in [0, 0.1) is 0 Å². The van der Waals surface area contributed by atoms with Crippen LogP contribution in [0.1, 0.15) is 58.3 Å². The van der Waals surface area contributed by atoms with Crippen molar-refractivity contribution in [2.24, 2.45) is 4.99 Å². The van der Waals surface area contributed by atoms with E-state index >= 15 is 0 Å². The first-order valence-electron chi connectivity index (χ1n) is 7.85. The second-order valence-electron chi connectivity index (χ2n) is 5.35. The molecule has 0 fully saturated rings. The second-order valence-corrected chi connectivity index (χ2v) is 5.35. The molecule has 1 rings (SSSR count). The Morgan fingerprint density at radius 2 is 2.14 bits per heavy atom. The number of nitrogens with one attached hydrogen (secondary N) is 2. The maximum atomic E-state index is 12.7. The van der Waals surface area contributed by atoms with Crippen molar-refractivity contribution in [2.75, 3.05) is 7.05 Å². The van der Waals surface area contributed by atoms with Crippen molar-refractivity contribution < 1.29 is 8.78 Å². The standard InChI is InChI=1S/C15H27F2N5/c1-4-5-6-7-8-12(2)21-15(18-3)20-11-13-19-9-10-22(13)14(16)17/h9-10,12,14H,4-8,11H2,1-3H3,(H2,18,20,21). The quantitative estimate of drug-likeness (QED) is 0.418. The number of guanidine groups is 1. The number of aliphatic imine (C=N–C) groups is 1. The van der Waals surface area contributed by atoms with Gasteiger partial charge in [-0.3, -0.25) is 9.56 Å². The summed E-state index contributed by atoms with van der Waals surface area (Å²) in [5.74, 6) is 0.889. The summed E-state index contributed by atoms with van der Waals surface area (Å²) in [6.07, 6.45) is 8.60. The highest BCUT2D eigenvalue weighted by Crippen LogP contribution is 2.12. The zero-order valence-electron chi connectivity index (χ0n) is 13.6. The Labute approximate surface area is 131 Å². The molecular formula is C15H27F2N5. The molecule has 0 radical (unpaired) electrons. The Hall–Kier alpha value is -1.66. The smallest absolute Gasteiger partial charge is 0.319 e. The van der Waals surface area contributed by atoms with Crippen molar-refractivity contribution in [1.82, 2.24) is 20.2 Å². The molecule has 0 spiro atoms. The van der Waals surface area contributed by atoms with Gasteiger partial charge in [0.1, 0.15) is 5.82 Å². The lowest BCUT2D eigenvalue weighted by molar-refractivity contribution is 0.0668. The van der Waals surface area contributed by atoms with Crippen molar-refractivity contribution in [1.29, 1.82) is 0 Å². The fourth-order valence-electron chi connectivity index (χ4n) is 2.20. The molecule has 0 aliphatic rings. The summed E-state index contributed by atoms with van der Waals surface area (Å²) in [5, 5.41) is 6.29. The van der Waals surface area contributed by atoms with Crippen molar-refractivity contribution in [3.05, 3.63) is 18.2 Å². The van der Waals surface area contributed by atoms with Gasteiger partial charge >= 0.3 is 6.55 Å². The van der Waals surface area contributed by atoms with Crippen molar-refractivity contribution in [3.63, 3.8) is 0 Å². The largest absolute Gasteiger partial charge is 0.354 e. The van der Waals surface area contributed by atoms with Crippen LogP contribution in [0.15, 0.2) is 17.4 Å². The first kappa shape index (κ1) is 18.4. The highest BCUT2D eigenvalue weighted by molar-refractivity contribution is 5.79. The van der Waals surface area contributed by atoms with Crippen LogP contribution in [0.2, 0.25) is 0 Å². The molecule has 2 N–H and O–H groups in total. The third-order valence-electron chi connectivity index (χ3n) is 3.47. The number of aromatic nitrogens is 2. The number of imidazole rings is 1. The molecule has 0 aliphatic carbocycles. The average molecular weight is 315 g/mol. The van der Waals surface area contributed by atoms with Crippen molar-refractivity contribution >= 4 is 5.96 Å². The first-order valence-corrected chi connectivity index (χ1v) is 7.85. The van der Waals surface area contributed by atoms with Gasteiger partial charge in [0, 0.05) is 25.5 Å². The van der Waals surface area contributed by atoms with Gasteiger partial charge in [-0.1, -0.05) is 32.6 Å². The van der Waals surface area contributed by atoms with Gasteiger partial charge in [-0.2, -0.15) is 8.78 Å². The lowest BCUT2D eigenvalue weighted by Crippen LogP contribution is -2.42. The van der Waals surface area contributed by atoms with Gasteiger partial charge in [-0.25, -0.2) is 4.98 Å². The van der Waals surface area contributed by atoms with E-state index in [2.05, 4.69) is 34.5 Å². The third kappa shape index (κ3) is 6.41. The van der Waals surface area contributed by atoms with Gasteiger partial charge in [0.25, 0.3) is 0 Å². The molecule has 0 aliphatic heterocycles. The molecule has 22 heavy (non-hydrogen) atoms. The monoisotopic (exact) mass is 315 g/mol. The number of nitrogens with zero attached hydrogens (tertiary/aromatic N) is 3. The predicted octanol–water partition coefficient (Wildman–Crippen LogP) is 3.30. The van der Waals surface area contributed by atoms with Crippen LogP contribution in [0.25, 0.3) is 0 Å². The topological polar surface area (TPSA) is 54.2 Å². The Morgan fingerprint density at radius 1 is 1.36 bits per heavy atom. The molecule has 0 amide bonds. The minimum atomic E-state index is -2.58. The summed E-state index contributed by atoms with van der Waals surface area (Å²) in [6, 6.07) is 0.290. The van der Waals surface area contributed by atoms with E-state index in [1.807, 2.05) is 0 Å². The van der Waals surface area contributed by atoms with E-state index in [1.165, 1.54) is 38.1 Å². The minimum absolute atomic E-state index is 0.208. The van der Waals surface area contributed by atoms with Crippen LogP contribution in [0.3, 0.4) is 0 Å². The van der Waals surface area contributed by atoms with E-state index < -0.39 is 6.55 Å². The molecule has 1 aromatic rings. The van der Waals surface area contributed by atoms with Crippen LogP contribution in [0.4, 0.5) is 8.78 Å². The van der Waals surface area contributed by atoms with Gasteiger partial charge in [0.15, 0.2) is 5.96 Å². The molecule has 1 heterocycles. The molecule has 7 heteroatoms. The number of hydrogen-bond donors (Lipinski definition) is 2. The van der Waals surface area contributed by atoms with E-state index in [1.54, 1.807) is 7.05 Å². The van der Waals surface area contributed by atoms with Gasteiger partial charge in [0.2, 0.25) is 0 Å². The zero-order valence-corrected chi connectivity index (χ0v) is 13.6. The lowest BCUT2D eigenvalue weighted by Gasteiger charge is -2.18.